The molecule has 0 heterocycles. The zero-order valence-corrected chi connectivity index (χ0v) is 12.9. The molecule has 0 saturated heterocycles. The minimum absolute atomic E-state index is 0.149. The Morgan fingerprint density at radius 2 is 1.74 bits per heavy atom. The van der Waals surface area contributed by atoms with E-state index in [1.807, 2.05) is 12.1 Å². The molecule has 1 aromatic rings. The number of nitrogens with two attached hydrogens (primary N) is 1. The molecular weight excluding hydrogens is 236 g/mol. The van der Waals surface area contributed by atoms with Crippen molar-refractivity contribution in [3.05, 3.63) is 29.8 Å². The number of methoxy groups -OCH3 is 1. The first-order valence-electron chi connectivity index (χ1n) is 7.20. The predicted octanol–water partition coefficient (Wildman–Crippen LogP) is 3.20. The predicted molar refractivity (Wildman–Crippen MR) is 81.5 cm³/mol. The molecule has 0 fully saturated rings. The van der Waals surface area contributed by atoms with Gasteiger partial charge in [0.2, 0.25) is 0 Å². The summed E-state index contributed by atoms with van der Waals surface area (Å²) in [6.45, 7) is 9.79. The molecule has 0 radical (unpaired) electrons. The molecule has 0 aliphatic rings. The van der Waals surface area contributed by atoms with Gasteiger partial charge in [0.1, 0.15) is 5.75 Å². The molecule has 0 spiro atoms. The van der Waals surface area contributed by atoms with Crippen molar-refractivity contribution in [2.24, 2.45) is 5.73 Å². The maximum absolute atomic E-state index is 6.36. The molecule has 0 saturated carbocycles. The maximum Gasteiger partial charge on any atom is 0.118 e. The van der Waals surface area contributed by atoms with E-state index < -0.39 is 0 Å². The number of rotatable bonds is 7. The number of hydrogen-bond acceptors (Lipinski definition) is 3. The van der Waals surface area contributed by atoms with Gasteiger partial charge in [-0.3, -0.25) is 4.90 Å². The van der Waals surface area contributed by atoms with Gasteiger partial charge in [0.25, 0.3) is 0 Å². The highest BCUT2D eigenvalue weighted by Gasteiger charge is 2.26. The van der Waals surface area contributed by atoms with Crippen molar-refractivity contribution in [1.29, 1.82) is 0 Å². The Morgan fingerprint density at radius 1 is 1.16 bits per heavy atom. The summed E-state index contributed by atoms with van der Waals surface area (Å²) in [6, 6.07) is 9.18. The molecule has 2 atom stereocenters. The van der Waals surface area contributed by atoms with Crippen molar-refractivity contribution in [3.63, 3.8) is 0 Å². The number of ether oxygens (including phenoxy) is 1. The standard InChI is InChI=1S/C16H28N2O/c1-6-15(17)16(18(7-2)12(3)4)13-8-10-14(19-5)11-9-13/h8-12,15-16H,6-7,17H2,1-5H3. The molecule has 3 nitrogen and oxygen atoms in total. The van der Waals surface area contributed by atoms with Crippen molar-refractivity contribution < 1.29 is 4.74 Å². The minimum Gasteiger partial charge on any atom is -0.497 e. The van der Waals surface area contributed by atoms with Gasteiger partial charge in [-0.15, -0.1) is 0 Å². The Balaban J connectivity index is 3.07. The van der Waals surface area contributed by atoms with Crippen LogP contribution in [0.3, 0.4) is 0 Å². The zero-order chi connectivity index (χ0) is 14.4. The lowest BCUT2D eigenvalue weighted by molar-refractivity contribution is 0.138. The molecule has 0 amide bonds. The quantitative estimate of drug-likeness (QED) is 0.822. The van der Waals surface area contributed by atoms with Crippen LogP contribution in [-0.2, 0) is 0 Å². The molecule has 0 aliphatic heterocycles. The van der Waals surface area contributed by atoms with Crippen LogP contribution in [0.5, 0.6) is 5.75 Å². The molecule has 2 unspecified atom stereocenters. The van der Waals surface area contributed by atoms with E-state index in [0.29, 0.717) is 6.04 Å². The number of hydrogen-bond donors (Lipinski definition) is 1. The molecular formula is C16H28N2O. The van der Waals surface area contributed by atoms with Gasteiger partial charge >= 0.3 is 0 Å². The largest absolute Gasteiger partial charge is 0.497 e. The Hall–Kier alpha value is -1.06. The zero-order valence-electron chi connectivity index (χ0n) is 12.9. The van der Waals surface area contributed by atoms with Gasteiger partial charge in [0.15, 0.2) is 0 Å². The monoisotopic (exact) mass is 264 g/mol. The van der Waals surface area contributed by atoms with E-state index in [2.05, 4.69) is 44.7 Å². The third-order valence-electron chi connectivity index (χ3n) is 3.72. The lowest BCUT2D eigenvalue weighted by atomic mass is 9.95. The van der Waals surface area contributed by atoms with Crippen LogP contribution in [0.1, 0.15) is 45.7 Å². The second-order valence-corrected chi connectivity index (χ2v) is 5.21. The second kappa shape index (κ2) is 7.51. The molecule has 0 aliphatic carbocycles. The van der Waals surface area contributed by atoms with E-state index in [1.165, 1.54) is 5.56 Å². The van der Waals surface area contributed by atoms with E-state index in [-0.39, 0.29) is 12.1 Å². The molecule has 19 heavy (non-hydrogen) atoms. The number of nitrogens with zero attached hydrogens (tertiary/aromatic N) is 1. The highest BCUT2D eigenvalue weighted by atomic mass is 16.5. The van der Waals surface area contributed by atoms with E-state index in [9.17, 15) is 0 Å². The molecule has 3 heteroatoms. The van der Waals surface area contributed by atoms with E-state index in [1.54, 1.807) is 7.11 Å². The SMILES string of the molecule is CCC(N)C(c1ccc(OC)cc1)N(CC)C(C)C. The van der Waals surface area contributed by atoms with Crippen LogP contribution < -0.4 is 10.5 Å². The van der Waals surface area contributed by atoms with Gasteiger partial charge in [-0.1, -0.05) is 26.0 Å². The lowest BCUT2D eigenvalue weighted by Gasteiger charge is -2.37. The summed E-state index contributed by atoms with van der Waals surface area (Å²) in [5, 5.41) is 0. The summed E-state index contributed by atoms with van der Waals surface area (Å²) >= 11 is 0. The Kier molecular flexibility index (Phi) is 6.32. The Morgan fingerprint density at radius 3 is 2.11 bits per heavy atom. The average Bonchev–Trinajstić information content (AvgIpc) is 2.43. The minimum atomic E-state index is 0.149. The summed E-state index contributed by atoms with van der Waals surface area (Å²) in [6.07, 6.45) is 0.972. The summed E-state index contributed by atoms with van der Waals surface area (Å²) in [5.41, 5.74) is 7.63. The van der Waals surface area contributed by atoms with Crippen molar-refractivity contribution in [3.8, 4) is 5.75 Å². The first kappa shape index (κ1) is 16.0. The molecule has 0 aromatic heterocycles. The highest BCUT2D eigenvalue weighted by Crippen LogP contribution is 2.28. The normalized spacial score (nSPS) is 14.7. The summed E-state index contributed by atoms with van der Waals surface area (Å²) < 4.78 is 5.23. The number of benzene rings is 1. The van der Waals surface area contributed by atoms with Crippen LogP contribution in [0.15, 0.2) is 24.3 Å². The number of likely N-dealkylation sites (N-methyl/N-ethyl adjacent to an activating group) is 1. The van der Waals surface area contributed by atoms with Crippen LogP contribution in [0.4, 0.5) is 0 Å². The van der Waals surface area contributed by atoms with Gasteiger partial charge in [-0.25, -0.2) is 0 Å². The molecule has 1 rings (SSSR count). The molecule has 1 aromatic carbocycles. The molecule has 0 bridgehead atoms. The fraction of sp³-hybridized carbons (Fsp3) is 0.625. The van der Waals surface area contributed by atoms with Crippen molar-refractivity contribution in [1.82, 2.24) is 4.90 Å². The first-order valence-corrected chi connectivity index (χ1v) is 7.20. The first-order chi connectivity index (χ1) is 9.04. The van der Waals surface area contributed by atoms with Gasteiger partial charge in [-0.2, -0.15) is 0 Å². The third-order valence-corrected chi connectivity index (χ3v) is 3.72. The van der Waals surface area contributed by atoms with E-state index in [4.69, 9.17) is 10.5 Å². The average molecular weight is 264 g/mol. The van der Waals surface area contributed by atoms with Crippen LogP contribution in [0, 0.1) is 0 Å². The topological polar surface area (TPSA) is 38.5 Å². The fourth-order valence-corrected chi connectivity index (χ4v) is 2.59. The van der Waals surface area contributed by atoms with Crippen molar-refractivity contribution in [2.75, 3.05) is 13.7 Å². The van der Waals surface area contributed by atoms with Crippen LogP contribution in [0.25, 0.3) is 0 Å². The Labute approximate surface area is 117 Å². The Bertz CT molecular complexity index is 362. The second-order valence-electron chi connectivity index (χ2n) is 5.21. The highest BCUT2D eigenvalue weighted by molar-refractivity contribution is 5.30. The van der Waals surface area contributed by atoms with Crippen molar-refractivity contribution in [2.45, 2.75) is 52.2 Å². The third kappa shape index (κ3) is 3.95. The van der Waals surface area contributed by atoms with Gasteiger partial charge in [0.05, 0.1) is 13.2 Å². The summed E-state index contributed by atoms with van der Waals surface area (Å²) in [4.78, 5) is 2.45. The lowest BCUT2D eigenvalue weighted by Crippen LogP contribution is -2.44. The molecule has 2 N–H and O–H groups in total. The smallest absolute Gasteiger partial charge is 0.118 e. The summed E-state index contributed by atoms with van der Waals surface area (Å²) in [5.74, 6) is 0.889. The molecule has 108 valence electrons. The fourth-order valence-electron chi connectivity index (χ4n) is 2.59. The summed E-state index contributed by atoms with van der Waals surface area (Å²) in [7, 11) is 1.69. The van der Waals surface area contributed by atoms with Gasteiger partial charge in [0, 0.05) is 12.1 Å². The maximum atomic E-state index is 6.36. The van der Waals surface area contributed by atoms with E-state index in [0.717, 1.165) is 18.7 Å². The van der Waals surface area contributed by atoms with Crippen LogP contribution in [0.2, 0.25) is 0 Å². The van der Waals surface area contributed by atoms with Crippen LogP contribution >= 0.6 is 0 Å². The van der Waals surface area contributed by atoms with E-state index >= 15 is 0 Å². The van der Waals surface area contributed by atoms with Gasteiger partial charge < -0.3 is 10.5 Å². The van der Waals surface area contributed by atoms with Crippen LogP contribution in [-0.4, -0.2) is 30.6 Å². The van der Waals surface area contributed by atoms with Crippen molar-refractivity contribution >= 4 is 0 Å². The van der Waals surface area contributed by atoms with Gasteiger partial charge in [-0.05, 0) is 44.5 Å².